The van der Waals surface area contributed by atoms with Gasteiger partial charge < -0.3 is 9.42 Å². The van der Waals surface area contributed by atoms with Gasteiger partial charge in [-0.1, -0.05) is 42.4 Å². The van der Waals surface area contributed by atoms with Crippen LogP contribution < -0.4 is 4.90 Å². The highest BCUT2D eigenvalue weighted by atomic mass is 16.5. The van der Waals surface area contributed by atoms with Crippen LogP contribution in [0.15, 0.2) is 53.1 Å². The summed E-state index contributed by atoms with van der Waals surface area (Å²) in [6, 6.07) is 15.6. The van der Waals surface area contributed by atoms with Crippen molar-refractivity contribution in [3.05, 3.63) is 65.5 Å². The van der Waals surface area contributed by atoms with E-state index in [9.17, 15) is 4.79 Å². The van der Waals surface area contributed by atoms with Crippen LogP contribution in [0.3, 0.4) is 0 Å². The van der Waals surface area contributed by atoms with Crippen LogP contribution in [0.4, 0.5) is 5.69 Å². The maximum atomic E-state index is 13.0. The highest BCUT2D eigenvalue weighted by Crippen LogP contribution is 2.33. The minimum absolute atomic E-state index is 0.0198. The number of hydrogen-bond acceptors (Lipinski definition) is 4. The van der Waals surface area contributed by atoms with Crippen LogP contribution in [-0.2, 0) is 12.8 Å². The van der Waals surface area contributed by atoms with E-state index in [1.54, 1.807) is 0 Å². The average Bonchev–Trinajstić information content (AvgIpc) is 3.25. The van der Waals surface area contributed by atoms with Crippen LogP contribution in [0.2, 0.25) is 0 Å². The van der Waals surface area contributed by atoms with Crippen molar-refractivity contribution >= 4 is 11.6 Å². The number of rotatable bonds is 3. The van der Waals surface area contributed by atoms with E-state index < -0.39 is 0 Å². The summed E-state index contributed by atoms with van der Waals surface area (Å²) in [5, 5.41) is 3.97. The summed E-state index contributed by atoms with van der Waals surface area (Å²) >= 11 is 0. The third-order valence-corrected chi connectivity index (χ3v) is 4.59. The van der Waals surface area contributed by atoms with E-state index >= 15 is 0 Å². The SMILES string of the molecule is CCc1nc(-c2ccc(C(=O)N3c4ccccc4C[C@@H]3C)cc2)no1. The van der Waals surface area contributed by atoms with Crippen molar-refractivity contribution in [2.45, 2.75) is 32.7 Å². The summed E-state index contributed by atoms with van der Waals surface area (Å²) in [6.07, 6.45) is 1.60. The summed E-state index contributed by atoms with van der Waals surface area (Å²) in [6.45, 7) is 4.05. The third-order valence-electron chi connectivity index (χ3n) is 4.59. The van der Waals surface area contributed by atoms with E-state index in [2.05, 4.69) is 23.1 Å². The molecule has 0 unspecified atom stereocenters. The number of hydrogen-bond donors (Lipinski definition) is 0. The zero-order chi connectivity index (χ0) is 17.4. The molecule has 0 N–H and O–H groups in total. The Bertz CT molecular complexity index is 915. The number of carbonyl (C=O) groups is 1. The van der Waals surface area contributed by atoms with E-state index in [0.29, 0.717) is 23.7 Å². The van der Waals surface area contributed by atoms with Gasteiger partial charge in [0.15, 0.2) is 0 Å². The van der Waals surface area contributed by atoms with Crippen molar-refractivity contribution in [2.75, 3.05) is 4.90 Å². The number of fused-ring (bicyclic) bond motifs is 1. The van der Waals surface area contributed by atoms with Gasteiger partial charge in [-0.15, -0.1) is 0 Å². The van der Waals surface area contributed by atoms with Crippen LogP contribution in [0.25, 0.3) is 11.4 Å². The Morgan fingerprint density at radius 2 is 1.96 bits per heavy atom. The highest BCUT2D eigenvalue weighted by Gasteiger charge is 2.31. The molecule has 3 aromatic rings. The first-order valence-corrected chi connectivity index (χ1v) is 8.52. The van der Waals surface area contributed by atoms with E-state index in [1.165, 1.54) is 5.56 Å². The number of carbonyl (C=O) groups excluding carboxylic acids is 1. The molecule has 1 aromatic heterocycles. The maximum absolute atomic E-state index is 13.0. The first-order valence-electron chi connectivity index (χ1n) is 8.52. The molecular formula is C20H19N3O2. The Morgan fingerprint density at radius 1 is 1.20 bits per heavy atom. The molecule has 1 aliphatic rings. The number of para-hydroxylation sites is 1. The smallest absolute Gasteiger partial charge is 0.258 e. The van der Waals surface area contributed by atoms with Crippen LogP contribution >= 0.6 is 0 Å². The van der Waals surface area contributed by atoms with Crippen molar-refractivity contribution in [3.63, 3.8) is 0 Å². The minimum atomic E-state index is 0.0198. The molecule has 5 nitrogen and oxygen atoms in total. The second-order valence-corrected chi connectivity index (χ2v) is 6.30. The van der Waals surface area contributed by atoms with Gasteiger partial charge in [-0.2, -0.15) is 4.98 Å². The second kappa shape index (κ2) is 6.16. The molecule has 2 heterocycles. The monoisotopic (exact) mass is 333 g/mol. The van der Waals surface area contributed by atoms with Gasteiger partial charge in [-0.05, 0) is 37.1 Å². The molecule has 0 saturated carbocycles. The normalized spacial score (nSPS) is 16.1. The molecular weight excluding hydrogens is 314 g/mol. The maximum Gasteiger partial charge on any atom is 0.258 e. The molecule has 5 heteroatoms. The molecule has 1 aliphatic heterocycles. The first-order chi connectivity index (χ1) is 12.2. The molecule has 1 amide bonds. The minimum Gasteiger partial charge on any atom is -0.339 e. The fourth-order valence-electron chi connectivity index (χ4n) is 3.29. The Morgan fingerprint density at radius 3 is 2.68 bits per heavy atom. The summed E-state index contributed by atoms with van der Waals surface area (Å²) in [7, 11) is 0. The third kappa shape index (κ3) is 2.71. The fourth-order valence-corrected chi connectivity index (χ4v) is 3.29. The standard InChI is InChI=1S/C20H19N3O2/c1-3-18-21-19(22-25-18)14-8-10-15(11-9-14)20(24)23-13(2)12-16-6-4-5-7-17(16)23/h4-11,13H,3,12H2,1-2H3/t13-/m0/s1. The van der Waals surface area contributed by atoms with Gasteiger partial charge in [0.25, 0.3) is 5.91 Å². The number of anilines is 1. The lowest BCUT2D eigenvalue weighted by Crippen LogP contribution is -2.35. The van der Waals surface area contributed by atoms with Gasteiger partial charge in [0.05, 0.1) is 0 Å². The van der Waals surface area contributed by atoms with Gasteiger partial charge >= 0.3 is 0 Å². The molecule has 126 valence electrons. The number of aromatic nitrogens is 2. The molecule has 0 saturated heterocycles. The van der Waals surface area contributed by atoms with Gasteiger partial charge in [0, 0.05) is 29.3 Å². The van der Waals surface area contributed by atoms with E-state index in [4.69, 9.17) is 4.52 Å². The van der Waals surface area contributed by atoms with Crippen LogP contribution in [0.5, 0.6) is 0 Å². The lowest BCUT2D eigenvalue weighted by Gasteiger charge is -2.22. The van der Waals surface area contributed by atoms with Gasteiger partial charge in [-0.25, -0.2) is 0 Å². The predicted octanol–water partition coefficient (Wildman–Crippen LogP) is 3.89. The number of amides is 1. The summed E-state index contributed by atoms with van der Waals surface area (Å²) in [5.41, 5.74) is 3.73. The van der Waals surface area contributed by atoms with Crippen molar-refractivity contribution < 1.29 is 9.32 Å². The molecule has 0 radical (unpaired) electrons. The van der Waals surface area contributed by atoms with Gasteiger partial charge in [-0.3, -0.25) is 4.79 Å². The zero-order valence-corrected chi connectivity index (χ0v) is 14.3. The van der Waals surface area contributed by atoms with Crippen molar-refractivity contribution in [3.8, 4) is 11.4 Å². The summed E-state index contributed by atoms with van der Waals surface area (Å²) < 4.78 is 5.14. The average molecular weight is 333 g/mol. The molecule has 4 rings (SSSR count). The largest absolute Gasteiger partial charge is 0.339 e. The molecule has 0 fully saturated rings. The summed E-state index contributed by atoms with van der Waals surface area (Å²) in [5.74, 6) is 1.18. The molecule has 0 bridgehead atoms. The molecule has 2 aromatic carbocycles. The lowest BCUT2D eigenvalue weighted by atomic mass is 10.1. The Balaban J connectivity index is 1.61. The zero-order valence-electron chi connectivity index (χ0n) is 14.3. The molecule has 25 heavy (non-hydrogen) atoms. The topological polar surface area (TPSA) is 59.2 Å². The van der Waals surface area contributed by atoms with Gasteiger partial charge in [0.2, 0.25) is 11.7 Å². The molecule has 1 atom stereocenters. The fraction of sp³-hybridized carbons (Fsp3) is 0.250. The number of aryl methyl sites for hydroxylation is 1. The van der Waals surface area contributed by atoms with E-state index in [-0.39, 0.29) is 11.9 Å². The van der Waals surface area contributed by atoms with Crippen molar-refractivity contribution in [1.82, 2.24) is 10.1 Å². The van der Waals surface area contributed by atoms with Gasteiger partial charge in [0.1, 0.15) is 0 Å². The highest BCUT2D eigenvalue weighted by molar-refractivity contribution is 6.07. The van der Waals surface area contributed by atoms with Crippen LogP contribution in [0, 0.1) is 0 Å². The predicted molar refractivity (Wildman–Crippen MR) is 95.5 cm³/mol. The molecule has 0 aliphatic carbocycles. The summed E-state index contributed by atoms with van der Waals surface area (Å²) in [4.78, 5) is 19.2. The van der Waals surface area contributed by atoms with Crippen molar-refractivity contribution in [1.29, 1.82) is 0 Å². The Hall–Kier alpha value is -2.95. The molecule has 0 spiro atoms. The number of benzene rings is 2. The van der Waals surface area contributed by atoms with E-state index in [0.717, 1.165) is 17.7 Å². The van der Waals surface area contributed by atoms with E-state index in [1.807, 2.05) is 54.3 Å². The second-order valence-electron chi connectivity index (χ2n) is 6.30. The number of nitrogens with zero attached hydrogens (tertiary/aromatic N) is 3. The van der Waals surface area contributed by atoms with Crippen LogP contribution in [0.1, 0.15) is 35.7 Å². The Kier molecular flexibility index (Phi) is 3.84. The lowest BCUT2D eigenvalue weighted by molar-refractivity contribution is 0.0981. The quantitative estimate of drug-likeness (QED) is 0.729. The Labute approximate surface area is 146 Å². The first kappa shape index (κ1) is 15.6. The van der Waals surface area contributed by atoms with Crippen molar-refractivity contribution in [2.24, 2.45) is 0 Å². The van der Waals surface area contributed by atoms with Crippen LogP contribution in [-0.4, -0.2) is 22.1 Å².